The number of rotatable bonds is 1. The second-order valence-corrected chi connectivity index (χ2v) is 4.00. The van der Waals surface area contributed by atoms with E-state index in [9.17, 15) is 0 Å². The minimum absolute atomic E-state index is 0.472. The number of benzene rings is 1. The van der Waals surface area contributed by atoms with Gasteiger partial charge in [-0.05, 0) is 12.1 Å². The van der Waals surface area contributed by atoms with Gasteiger partial charge in [0.25, 0.3) is 0 Å². The monoisotopic (exact) mass is 232 g/mol. The van der Waals surface area contributed by atoms with Crippen molar-refractivity contribution in [1.29, 1.82) is 0 Å². The van der Waals surface area contributed by atoms with E-state index in [1.807, 2.05) is 24.3 Å². The highest BCUT2D eigenvalue weighted by atomic mass is 35.5. The number of fused-ring (bicyclic) bond motifs is 1. The lowest BCUT2D eigenvalue weighted by Crippen LogP contribution is -1.81. The molecule has 3 aromatic rings. The first-order valence-electron chi connectivity index (χ1n) is 4.82. The van der Waals surface area contributed by atoms with Gasteiger partial charge in [0.1, 0.15) is 5.82 Å². The molecule has 0 unspecified atom stereocenters. The molecule has 3 rings (SSSR count). The molecule has 0 spiro atoms. The van der Waals surface area contributed by atoms with Crippen molar-refractivity contribution in [1.82, 2.24) is 15.2 Å². The number of para-hydroxylation sites is 1. The van der Waals surface area contributed by atoms with Gasteiger partial charge in [0, 0.05) is 11.5 Å². The van der Waals surface area contributed by atoms with Crippen molar-refractivity contribution in [3.63, 3.8) is 0 Å². The summed E-state index contributed by atoms with van der Waals surface area (Å²) in [7, 11) is 0. The highest BCUT2D eigenvalue weighted by Crippen LogP contribution is 2.27. The van der Waals surface area contributed by atoms with E-state index in [1.54, 1.807) is 6.07 Å². The van der Waals surface area contributed by atoms with Crippen molar-refractivity contribution in [3.05, 3.63) is 35.4 Å². The van der Waals surface area contributed by atoms with Gasteiger partial charge in [-0.3, -0.25) is 5.10 Å². The Morgan fingerprint density at radius 3 is 2.75 bits per heavy atom. The zero-order chi connectivity index (χ0) is 11.1. The predicted molar refractivity (Wildman–Crippen MR) is 65.3 cm³/mol. The van der Waals surface area contributed by atoms with Crippen LogP contribution in [0.3, 0.4) is 0 Å². The summed E-state index contributed by atoms with van der Waals surface area (Å²) in [5.74, 6) is 0.472. The SMILES string of the molecule is Nc1cc(-c2cc3cccc(Cl)c3[nH]2)[nH]n1. The molecule has 0 saturated carbocycles. The number of hydrogen-bond donors (Lipinski definition) is 3. The van der Waals surface area contributed by atoms with Crippen molar-refractivity contribution in [2.45, 2.75) is 0 Å². The number of hydrogen-bond acceptors (Lipinski definition) is 2. The van der Waals surface area contributed by atoms with E-state index in [0.717, 1.165) is 22.3 Å². The third kappa shape index (κ3) is 1.35. The topological polar surface area (TPSA) is 70.5 Å². The van der Waals surface area contributed by atoms with Crippen molar-refractivity contribution in [2.75, 3.05) is 5.73 Å². The Morgan fingerprint density at radius 2 is 2.06 bits per heavy atom. The number of aromatic amines is 2. The van der Waals surface area contributed by atoms with Crippen LogP contribution in [-0.4, -0.2) is 15.2 Å². The van der Waals surface area contributed by atoms with Gasteiger partial charge < -0.3 is 10.7 Å². The van der Waals surface area contributed by atoms with Crippen molar-refractivity contribution < 1.29 is 0 Å². The first-order valence-corrected chi connectivity index (χ1v) is 5.20. The van der Waals surface area contributed by atoms with Crippen LogP contribution in [0.2, 0.25) is 5.02 Å². The average molecular weight is 233 g/mol. The first-order chi connectivity index (χ1) is 7.74. The summed E-state index contributed by atoms with van der Waals surface area (Å²) in [5.41, 5.74) is 8.26. The Bertz CT molecular complexity index is 653. The average Bonchev–Trinajstić information content (AvgIpc) is 2.84. The Morgan fingerprint density at radius 1 is 1.19 bits per heavy atom. The maximum atomic E-state index is 6.08. The van der Waals surface area contributed by atoms with Crippen molar-refractivity contribution >= 4 is 28.3 Å². The summed E-state index contributed by atoms with van der Waals surface area (Å²) in [4.78, 5) is 3.23. The molecule has 0 fully saturated rings. The third-order valence-corrected chi connectivity index (χ3v) is 2.81. The van der Waals surface area contributed by atoms with Crippen LogP contribution in [0.25, 0.3) is 22.3 Å². The summed E-state index contributed by atoms with van der Waals surface area (Å²) in [6.07, 6.45) is 0. The van der Waals surface area contributed by atoms with Crippen LogP contribution in [0.15, 0.2) is 30.3 Å². The van der Waals surface area contributed by atoms with Gasteiger partial charge in [-0.2, -0.15) is 5.10 Å². The van der Waals surface area contributed by atoms with Crippen LogP contribution in [0.5, 0.6) is 0 Å². The molecule has 80 valence electrons. The minimum atomic E-state index is 0.472. The molecule has 2 aromatic heterocycles. The normalized spacial score (nSPS) is 11.1. The van der Waals surface area contributed by atoms with Crippen molar-refractivity contribution in [3.8, 4) is 11.4 Å². The fourth-order valence-corrected chi connectivity index (χ4v) is 1.97. The minimum Gasteiger partial charge on any atom is -0.382 e. The van der Waals surface area contributed by atoms with Gasteiger partial charge in [0.2, 0.25) is 0 Å². The molecular weight excluding hydrogens is 224 g/mol. The summed E-state index contributed by atoms with van der Waals surface area (Å²) >= 11 is 6.08. The second-order valence-electron chi connectivity index (χ2n) is 3.59. The lowest BCUT2D eigenvalue weighted by Gasteiger charge is -1.91. The number of nitrogens with one attached hydrogen (secondary N) is 2. The molecule has 2 heterocycles. The molecule has 0 amide bonds. The Labute approximate surface area is 96.4 Å². The fourth-order valence-electron chi connectivity index (χ4n) is 1.74. The van der Waals surface area contributed by atoms with Gasteiger partial charge in [0.05, 0.1) is 21.9 Å². The second kappa shape index (κ2) is 3.28. The molecule has 0 saturated heterocycles. The number of nitrogen functional groups attached to an aromatic ring is 1. The number of anilines is 1. The standard InChI is InChI=1S/C11H9ClN4/c12-7-3-1-2-6-4-8(14-11(6)7)9-5-10(13)16-15-9/h1-5,14H,(H3,13,15,16). The van der Waals surface area contributed by atoms with Gasteiger partial charge in [0.15, 0.2) is 0 Å². The quantitative estimate of drug-likeness (QED) is 0.604. The van der Waals surface area contributed by atoms with Gasteiger partial charge in [-0.25, -0.2) is 0 Å². The maximum absolute atomic E-state index is 6.08. The zero-order valence-corrected chi connectivity index (χ0v) is 9.05. The fraction of sp³-hybridized carbons (Fsp3) is 0. The molecule has 0 atom stereocenters. The highest BCUT2D eigenvalue weighted by molar-refractivity contribution is 6.35. The molecule has 0 aliphatic carbocycles. The van der Waals surface area contributed by atoms with Gasteiger partial charge in [-0.15, -0.1) is 0 Å². The predicted octanol–water partition coefficient (Wildman–Crippen LogP) is 2.79. The van der Waals surface area contributed by atoms with Crippen LogP contribution in [0.1, 0.15) is 0 Å². The summed E-state index contributed by atoms with van der Waals surface area (Å²) < 4.78 is 0. The first kappa shape index (κ1) is 9.30. The smallest absolute Gasteiger partial charge is 0.145 e. The van der Waals surface area contributed by atoms with Crippen LogP contribution in [-0.2, 0) is 0 Å². The van der Waals surface area contributed by atoms with Crippen LogP contribution in [0, 0.1) is 0 Å². The Hall–Kier alpha value is -1.94. The van der Waals surface area contributed by atoms with E-state index < -0.39 is 0 Å². The molecule has 16 heavy (non-hydrogen) atoms. The molecule has 0 bridgehead atoms. The molecular formula is C11H9ClN4. The summed E-state index contributed by atoms with van der Waals surface area (Å²) in [6, 6.07) is 9.56. The number of aromatic nitrogens is 3. The molecule has 0 radical (unpaired) electrons. The Balaban J connectivity index is 2.22. The molecule has 4 nitrogen and oxygen atoms in total. The highest BCUT2D eigenvalue weighted by Gasteiger charge is 2.07. The summed E-state index contributed by atoms with van der Waals surface area (Å²) in [6.45, 7) is 0. The zero-order valence-electron chi connectivity index (χ0n) is 8.29. The van der Waals surface area contributed by atoms with Gasteiger partial charge >= 0.3 is 0 Å². The number of nitrogens with two attached hydrogens (primary N) is 1. The van der Waals surface area contributed by atoms with Crippen LogP contribution >= 0.6 is 11.6 Å². The number of halogens is 1. The van der Waals surface area contributed by atoms with Crippen molar-refractivity contribution in [2.24, 2.45) is 0 Å². The van der Waals surface area contributed by atoms with E-state index >= 15 is 0 Å². The van der Waals surface area contributed by atoms with Crippen LogP contribution in [0.4, 0.5) is 5.82 Å². The lowest BCUT2D eigenvalue weighted by atomic mass is 10.2. The Kier molecular flexibility index (Phi) is 1.91. The van der Waals surface area contributed by atoms with Crippen LogP contribution < -0.4 is 5.73 Å². The maximum Gasteiger partial charge on any atom is 0.145 e. The third-order valence-electron chi connectivity index (χ3n) is 2.49. The number of H-pyrrole nitrogens is 2. The van der Waals surface area contributed by atoms with E-state index in [0.29, 0.717) is 10.8 Å². The molecule has 5 heteroatoms. The lowest BCUT2D eigenvalue weighted by molar-refractivity contribution is 1.10. The summed E-state index contributed by atoms with van der Waals surface area (Å²) in [5, 5.41) is 8.51. The van der Waals surface area contributed by atoms with Gasteiger partial charge in [-0.1, -0.05) is 23.7 Å². The largest absolute Gasteiger partial charge is 0.382 e. The molecule has 0 aliphatic rings. The molecule has 0 aliphatic heterocycles. The molecule has 4 N–H and O–H groups in total. The van der Waals surface area contributed by atoms with E-state index in [1.165, 1.54) is 0 Å². The van der Waals surface area contributed by atoms with E-state index in [4.69, 9.17) is 17.3 Å². The number of nitrogens with zero attached hydrogens (tertiary/aromatic N) is 1. The molecule has 1 aromatic carbocycles. The van der Waals surface area contributed by atoms with E-state index in [-0.39, 0.29) is 0 Å². The van der Waals surface area contributed by atoms with E-state index in [2.05, 4.69) is 15.2 Å².